The second kappa shape index (κ2) is 7.96. The van der Waals surface area contributed by atoms with Crippen LogP contribution in [0.5, 0.6) is 0 Å². The van der Waals surface area contributed by atoms with Gasteiger partial charge in [-0.15, -0.1) is 0 Å². The third-order valence-electron chi connectivity index (χ3n) is 5.10. The summed E-state index contributed by atoms with van der Waals surface area (Å²) in [5, 5.41) is 0. The maximum atomic E-state index is 13.5. The van der Waals surface area contributed by atoms with Gasteiger partial charge in [-0.25, -0.2) is 8.42 Å². The number of nitrogens with zero attached hydrogens (tertiary/aromatic N) is 1. The second-order valence-corrected chi connectivity index (χ2v) is 9.15. The number of ether oxygens (including phenoxy) is 1. The maximum Gasteiger partial charge on any atom is 0.325 e. The molecule has 0 aromatic heterocycles. The minimum atomic E-state index is -3.99. The van der Waals surface area contributed by atoms with Crippen LogP contribution in [0.15, 0.2) is 47.4 Å². The highest BCUT2D eigenvalue weighted by Gasteiger charge is 2.41. The van der Waals surface area contributed by atoms with Crippen LogP contribution in [-0.4, -0.2) is 36.7 Å². The summed E-state index contributed by atoms with van der Waals surface area (Å²) in [7, 11) is -3.99. The number of primary amides is 1. The predicted molar refractivity (Wildman–Crippen MR) is 107 cm³/mol. The van der Waals surface area contributed by atoms with E-state index in [1.54, 1.807) is 19.1 Å². The van der Waals surface area contributed by atoms with Gasteiger partial charge in [0.25, 0.3) is 5.91 Å². The van der Waals surface area contributed by atoms with E-state index in [9.17, 15) is 18.0 Å². The first-order valence-electron chi connectivity index (χ1n) is 9.27. The molecule has 0 bridgehead atoms. The van der Waals surface area contributed by atoms with Gasteiger partial charge in [0.05, 0.1) is 4.90 Å². The van der Waals surface area contributed by atoms with Crippen molar-refractivity contribution in [1.29, 1.82) is 0 Å². The lowest BCUT2D eigenvalue weighted by atomic mass is 9.96. The monoisotopic (exact) mass is 416 g/mol. The Morgan fingerprint density at radius 2 is 1.79 bits per heavy atom. The standard InChI is InChI=1S/C21H24N2O5S/c1-13-8-9-14(2)19(10-13)29(26,27)23-12-17-7-5-4-6-16(17)11-18(23)21(25)28-15(3)20(22)24/h4-10,15,18H,11-12H2,1-3H3,(H2,22,24)/t15-,18-/m1/s1. The Bertz CT molecular complexity index is 1060. The van der Waals surface area contributed by atoms with Crippen LogP contribution in [0.1, 0.15) is 29.2 Å². The normalized spacial score (nSPS) is 18.0. The molecule has 0 spiro atoms. The summed E-state index contributed by atoms with van der Waals surface area (Å²) in [5.74, 6) is -1.59. The van der Waals surface area contributed by atoms with Crippen molar-refractivity contribution >= 4 is 21.9 Å². The average Bonchev–Trinajstić information content (AvgIpc) is 2.68. The molecule has 0 unspecified atom stereocenters. The molecular weight excluding hydrogens is 392 g/mol. The fourth-order valence-electron chi connectivity index (χ4n) is 3.37. The van der Waals surface area contributed by atoms with Crippen molar-refractivity contribution < 1.29 is 22.7 Å². The van der Waals surface area contributed by atoms with Crippen LogP contribution in [0, 0.1) is 13.8 Å². The molecule has 3 rings (SSSR count). The summed E-state index contributed by atoms with van der Waals surface area (Å²) in [5.41, 5.74) is 8.28. The number of hydrogen-bond acceptors (Lipinski definition) is 5. The molecule has 1 aliphatic heterocycles. The van der Waals surface area contributed by atoms with Crippen LogP contribution in [0.25, 0.3) is 0 Å². The van der Waals surface area contributed by atoms with Gasteiger partial charge in [-0.2, -0.15) is 4.31 Å². The molecule has 2 aromatic carbocycles. The number of sulfonamides is 1. The highest BCUT2D eigenvalue weighted by Crippen LogP contribution is 2.31. The highest BCUT2D eigenvalue weighted by molar-refractivity contribution is 7.89. The van der Waals surface area contributed by atoms with Crippen molar-refractivity contribution in [2.75, 3.05) is 0 Å². The predicted octanol–water partition coefficient (Wildman–Crippen LogP) is 1.84. The number of aryl methyl sites for hydroxylation is 2. The van der Waals surface area contributed by atoms with Crippen molar-refractivity contribution in [3.63, 3.8) is 0 Å². The smallest absolute Gasteiger partial charge is 0.325 e. The lowest BCUT2D eigenvalue weighted by molar-refractivity contribution is -0.157. The minimum absolute atomic E-state index is 0.0383. The van der Waals surface area contributed by atoms with Crippen LogP contribution < -0.4 is 5.73 Å². The van der Waals surface area contributed by atoms with Gasteiger partial charge in [0, 0.05) is 13.0 Å². The number of fused-ring (bicyclic) bond motifs is 1. The summed E-state index contributed by atoms with van der Waals surface area (Å²) in [4.78, 5) is 24.3. The fraction of sp³-hybridized carbons (Fsp3) is 0.333. The maximum absolute atomic E-state index is 13.5. The van der Waals surface area contributed by atoms with Crippen molar-refractivity contribution in [1.82, 2.24) is 4.31 Å². The van der Waals surface area contributed by atoms with Crippen LogP contribution in [0.2, 0.25) is 0 Å². The van der Waals surface area contributed by atoms with Crippen LogP contribution in [-0.2, 0) is 37.3 Å². The third-order valence-corrected chi connectivity index (χ3v) is 7.10. The van der Waals surface area contributed by atoms with Gasteiger partial charge in [-0.1, -0.05) is 36.4 Å². The highest BCUT2D eigenvalue weighted by atomic mass is 32.2. The van der Waals surface area contributed by atoms with Crippen molar-refractivity contribution in [2.24, 2.45) is 5.73 Å². The Morgan fingerprint density at radius 3 is 2.45 bits per heavy atom. The van der Waals surface area contributed by atoms with Gasteiger partial charge in [0.1, 0.15) is 6.04 Å². The minimum Gasteiger partial charge on any atom is -0.451 e. The lowest BCUT2D eigenvalue weighted by Crippen LogP contribution is -2.50. The van der Waals surface area contributed by atoms with Crippen molar-refractivity contribution in [3.05, 3.63) is 64.7 Å². The Hall–Kier alpha value is -2.71. The number of rotatable bonds is 5. The molecule has 2 N–H and O–H groups in total. The Labute approximate surface area is 170 Å². The summed E-state index contributed by atoms with van der Waals surface area (Å²) >= 11 is 0. The molecule has 0 aliphatic carbocycles. The van der Waals surface area contributed by atoms with E-state index < -0.39 is 34.0 Å². The average molecular weight is 416 g/mol. The Balaban J connectivity index is 2.06. The van der Waals surface area contributed by atoms with E-state index in [4.69, 9.17) is 10.5 Å². The Kier molecular flexibility index (Phi) is 5.77. The molecule has 7 nitrogen and oxygen atoms in total. The summed E-state index contributed by atoms with van der Waals surface area (Å²) in [6.45, 7) is 4.92. The van der Waals surface area contributed by atoms with E-state index in [-0.39, 0.29) is 17.9 Å². The summed E-state index contributed by atoms with van der Waals surface area (Å²) in [6, 6.07) is 11.4. The van der Waals surface area contributed by atoms with Crippen LogP contribution in [0.4, 0.5) is 0 Å². The zero-order chi connectivity index (χ0) is 21.3. The number of nitrogens with two attached hydrogens (primary N) is 1. The zero-order valence-corrected chi connectivity index (χ0v) is 17.4. The topological polar surface area (TPSA) is 107 Å². The number of esters is 1. The van der Waals surface area contributed by atoms with E-state index in [1.807, 2.05) is 37.3 Å². The number of carbonyl (C=O) groups excluding carboxylic acids is 2. The lowest BCUT2D eigenvalue weighted by Gasteiger charge is -2.35. The number of amides is 1. The molecule has 2 aromatic rings. The zero-order valence-electron chi connectivity index (χ0n) is 16.6. The van der Waals surface area contributed by atoms with Crippen molar-refractivity contribution in [2.45, 2.75) is 50.8 Å². The molecule has 1 amide bonds. The number of carbonyl (C=O) groups is 2. The quantitative estimate of drug-likeness (QED) is 0.749. The van der Waals surface area contributed by atoms with E-state index in [0.717, 1.165) is 21.0 Å². The largest absolute Gasteiger partial charge is 0.451 e. The van der Waals surface area contributed by atoms with Crippen molar-refractivity contribution in [3.8, 4) is 0 Å². The number of benzene rings is 2. The van der Waals surface area contributed by atoms with E-state index >= 15 is 0 Å². The van der Waals surface area contributed by atoms with Gasteiger partial charge < -0.3 is 10.5 Å². The first-order chi connectivity index (χ1) is 13.6. The molecule has 0 saturated carbocycles. The third kappa shape index (κ3) is 4.18. The molecule has 1 heterocycles. The summed E-state index contributed by atoms with van der Waals surface area (Å²) < 4.78 is 33.4. The van der Waals surface area contributed by atoms with E-state index in [1.165, 1.54) is 6.92 Å². The van der Waals surface area contributed by atoms with Gasteiger partial charge in [-0.3, -0.25) is 9.59 Å². The van der Waals surface area contributed by atoms with E-state index in [0.29, 0.717) is 5.56 Å². The molecule has 8 heteroatoms. The van der Waals surface area contributed by atoms with Gasteiger partial charge in [0.2, 0.25) is 10.0 Å². The molecule has 0 radical (unpaired) electrons. The first kappa shape index (κ1) is 21.0. The molecular formula is C21H24N2O5S. The van der Waals surface area contributed by atoms with Gasteiger partial charge in [-0.05, 0) is 49.1 Å². The van der Waals surface area contributed by atoms with Gasteiger partial charge >= 0.3 is 5.97 Å². The molecule has 0 saturated heterocycles. The van der Waals surface area contributed by atoms with E-state index in [2.05, 4.69) is 0 Å². The van der Waals surface area contributed by atoms with Crippen LogP contribution >= 0.6 is 0 Å². The molecule has 1 aliphatic rings. The van der Waals surface area contributed by atoms with Crippen LogP contribution in [0.3, 0.4) is 0 Å². The molecule has 2 atom stereocenters. The fourth-order valence-corrected chi connectivity index (χ4v) is 5.24. The molecule has 154 valence electrons. The molecule has 0 fully saturated rings. The van der Waals surface area contributed by atoms with Gasteiger partial charge in [0.15, 0.2) is 6.10 Å². The number of hydrogen-bond donors (Lipinski definition) is 1. The first-order valence-corrected chi connectivity index (χ1v) is 10.7. The molecule has 29 heavy (non-hydrogen) atoms. The SMILES string of the molecule is Cc1ccc(C)c(S(=O)(=O)N2Cc3ccccc3C[C@@H]2C(=O)O[C@H](C)C(N)=O)c1. The second-order valence-electron chi connectivity index (χ2n) is 7.29. The summed E-state index contributed by atoms with van der Waals surface area (Å²) in [6.07, 6.45) is -0.991. The Morgan fingerprint density at radius 1 is 1.14 bits per heavy atom.